The fourth-order valence-corrected chi connectivity index (χ4v) is 2.27. The Morgan fingerprint density at radius 3 is 2.65 bits per heavy atom. The Bertz CT molecular complexity index is 279. The van der Waals surface area contributed by atoms with E-state index in [1.54, 1.807) is 7.11 Å². The van der Waals surface area contributed by atoms with Crippen LogP contribution < -0.4 is 5.32 Å². The summed E-state index contributed by atoms with van der Waals surface area (Å²) in [4.78, 5) is 0. The van der Waals surface area contributed by atoms with E-state index in [2.05, 4.69) is 35.8 Å². The Kier molecular flexibility index (Phi) is 8.14. The number of methoxy groups -OCH3 is 1. The van der Waals surface area contributed by atoms with Gasteiger partial charge in [-0.15, -0.1) is 0 Å². The van der Waals surface area contributed by atoms with Crippen LogP contribution in [0.1, 0.15) is 24.4 Å². The molecule has 0 radical (unpaired) electrons. The molecule has 1 unspecified atom stereocenters. The summed E-state index contributed by atoms with van der Waals surface area (Å²) >= 11 is 1.91. The zero-order valence-electron chi connectivity index (χ0n) is 10.8. The number of thioether (sulfide) groups is 1. The van der Waals surface area contributed by atoms with E-state index in [9.17, 15) is 0 Å². The van der Waals surface area contributed by atoms with E-state index < -0.39 is 0 Å². The molecule has 0 amide bonds. The highest BCUT2D eigenvalue weighted by atomic mass is 32.2. The molecule has 0 aliphatic carbocycles. The summed E-state index contributed by atoms with van der Waals surface area (Å²) in [6.45, 7) is 1.79. The normalized spacial score (nSPS) is 12.6. The number of nitrogens with one attached hydrogen (secondary N) is 1. The van der Waals surface area contributed by atoms with Crippen LogP contribution in [0, 0.1) is 0 Å². The highest BCUT2D eigenvalue weighted by molar-refractivity contribution is 7.98. The third kappa shape index (κ3) is 6.10. The van der Waals surface area contributed by atoms with Crippen molar-refractivity contribution in [1.29, 1.82) is 0 Å². The lowest BCUT2D eigenvalue weighted by molar-refractivity contribution is 0.167. The SMILES string of the molecule is COCC(NCCCCSC)c1ccccc1. The van der Waals surface area contributed by atoms with E-state index in [1.165, 1.54) is 24.2 Å². The second-order valence-electron chi connectivity index (χ2n) is 4.07. The second kappa shape index (κ2) is 9.51. The van der Waals surface area contributed by atoms with E-state index in [-0.39, 0.29) is 0 Å². The molecule has 0 saturated heterocycles. The van der Waals surface area contributed by atoms with Crippen molar-refractivity contribution in [3.8, 4) is 0 Å². The number of hydrogen-bond acceptors (Lipinski definition) is 3. The third-order valence-corrected chi connectivity index (χ3v) is 3.40. The first-order chi connectivity index (χ1) is 8.38. The molecule has 17 heavy (non-hydrogen) atoms. The molecule has 96 valence electrons. The van der Waals surface area contributed by atoms with Gasteiger partial charge in [-0.05, 0) is 37.0 Å². The minimum Gasteiger partial charge on any atom is -0.383 e. The Morgan fingerprint density at radius 1 is 1.24 bits per heavy atom. The van der Waals surface area contributed by atoms with Gasteiger partial charge in [0.2, 0.25) is 0 Å². The highest BCUT2D eigenvalue weighted by Gasteiger charge is 2.09. The molecule has 1 rings (SSSR count). The van der Waals surface area contributed by atoms with Crippen molar-refractivity contribution in [3.05, 3.63) is 35.9 Å². The predicted molar refractivity (Wildman–Crippen MR) is 76.7 cm³/mol. The number of unbranched alkanes of at least 4 members (excludes halogenated alkanes) is 1. The topological polar surface area (TPSA) is 21.3 Å². The number of hydrogen-bond donors (Lipinski definition) is 1. The minimum absolute atomic E-state index is 0.315. The summed E-state index contributed by atoms with van der Waals surface area (Å²) in [5, 5.41) is 3.56. The maximum atomic E-state index is 5.27. The van der Waals surface area contributed by atoms with Crippen LogP contribution >= 0.6 is 11.8 Å². The Balaban J connectivity index is 2.33. The summed E-state index contributed by atoms with van der Waals surface area (Å²) < 4.78 is 5.27. The number of benzene rings is 1. The van der Waals surface area contributed by atoms with Crippen LogP contribution in [0.3, 0.4) is 0 Å². The maximum absolute atomic E-state index is 5.27. The summed E-state index contributed by atoms with van der Waals surface area (Å²) in [5.74, 6) is 1.25. The minimum atomic E-state index is 0.315. The predicted octanol–water partition coefficient (Wildman–Crippen LogP) is 3.11. The summed E-state index contributed by atoms with van der Waals surface area (Å²) in [6.07, 6.45) is 4.67. The van der Waals surface area contributed by atoms with Crippen molar-refractivity contribution in [3.63, 3.8) is 0 Å². The van der Waals surface area contributed by atoms with Crippen LogP contribution in [0.15, 0.2) is 30.3 Å². The molecule has 0 saturated carbocycles. The molecule has 0 aromatic heterocycles. The van der Waals surface area contributed by atoms with Crippen molar-refractivity contribution in [2.24, 2.45) is 0 Å². The van der Waals surface area contributed by atoms with Crippen molar-refractivity contribution in [1.82, 2.24) is 5.32 Å². The first-order valence-electron chi connectivity index (χ1n) is 6.14. The van der Waals surface area contributed by atoms with Gasteiger partial charge < -0.3 is 10.1 Å². The summed E-state index contributed by atoms with van der Waals surface area (Å²) in [6, 6.07) is 10.8. The maximum Gasteiger partial charge on any atom is 0.0657 e. The van der Waals surface area contributed by atoms with Crippen molar-refractivity contribution in [2.45, 2.75) is 18.9 Å². The molecule has 0 fully saturated rings. The lowest BCUT2D eigenvalue weighted by Gasteiger charge is -2.18. The molecule has 1 aromatic rings. The Hall–Kier alpha value is -0.510. The van der Waals surface area contributed by atoms with Gasteiger partial charge in [0.15, 0.2) is 0 Å². The first-order valence-corrected chi connectivity index (χ1v) is 7.54. The van der Waals surface area contributed by atoms with Crippen LogP contribution in [0.25, 0.3) is 0 Å². The number of rotatable bonds is 9. The quantitative estimate of drug-likeness (QED) is 0.683. The van der Waals surface area contributed by atoms with Gasteiger partial charge in [0.1, 0.15) is 0 Å². The zero-order chi connectivity index (χ0) is 12.3. The first kappa shape index (κ1) is 14.6. The molecule has 0 aliphatic heterocycles. The molecule has 0 bridgehead atoms. The fraction of sp³-hybridized carbons (Fsp3) is 0.571. The van der Waals surface area contributed by atoms with Crippen molar-refractivity contribution in [2.75, 3.05) is 32.3 Å². The van der Waals surface area contributed by atoms with Crippen LogP contribution in [0.4, 0.5) is 0 Å². The monoisotopic (exact) mass is 253 g/mol. The van der Waals surface area contributed by atoms with Crippen molar-refractivity contribution >= 4 is 11.8 Å². The molecule has 0 heterocycles. The molecular formula is C14H23NOS. The molecule has 1 N–H and O–H groups in total. The fourth-order valence-electron chi connectivity index (χ4n) is 1.77. The molecular weight excluding hydrogens is 230 g/mol. The summed E-state index contributed by atoms with van der Waals surface area (Å²) in [5.41, 5.74) is 1.30. The zero-order valence-corrected chi connectivity index (χ0v) is 11.6. The van der Waals surface area contributed by atoms with Gasteiger partial charge in [-0.3, -0.25) is 0 Å². The van der Waals surface area contributed by atoms with E-state index in [1.807, 2.05) is 17.8 Å². The van der Waals surface area contributed by atoms with Gasteiger partial charge in [-0.2, -0.15) is 11.8 Å². The van der Waals surface area contributed by atoms with Gasteiger partial charge in [0.25, 0.3) is 0 Å². The van der Waals surface area contributed by atoms with Gasteiger partial charge >= 0.3 is 0 Å². The standard InChI is InChI=1S/C14H23NOS/c1-16-12-14(13-8-4-3-5-9-13)15-10-6-7-11-17-2/h3-5,8-9,14-15H,6-7,10-12H2,1-2H3. The smallest absolute Gasteiger partial charge is 0.0657 e. The lowest BCUT2D eigenvalue weighted by Crippen LogP contribution is -2.26. The lowest BCUT2D eigenvalue weighted by atomic mass is 10.1. The number of ether oxygens (including phenoxy) is 1. The largest absolute Gasteiger partial charge is 0.383 e. The molecule has 2 nitrogen and oxygen atoms in total. The average molecular weight is 253 g/mol. The van der Waals surface area contributed by atoms with Crippen LogP contribution in [-0.2, 0) is 4.74 Å². The van der Waals surface area contributed by atoms with Crippen LogP contribution in [0.5, 0.6) is 0 Å². The van der Waals surface area contributed by atoms with E-state index in [0.29, 0.717) is 6.04 Å². The third-order valence-electron chi connectivity index (χ3n) is 2.70. The van der Waals surface area contributed by atoms with Gasteiger partial charge in [-0.25, -0.2) is 0 Å². The van der Waals surface area contributed by atoms with E-state index >= 15 is 0 Å². The van der Waals surface area contributed by atoms with Gasteiger partial charge in [-0.1, -0.05) is 30.3 Å². The molecule has 3 heteroatoms. The summed E-state index contributed by atoms with van der Waals surface area (Å²) in [7, 11) is 1.76. The van der Waals surface area contributed by atoms with Gasteiger partial charge in [0.05, 0.1) is 12.6 Å². The average Bonchev–Trinajstić information content (AvgIpc) is 2.38. The van der Waals surface area contributed by atoms with Crippen LogP contribution in [0.2, 0.25) is 0 Å². The Labute approximate surface area is 109 Å². The molecule has 1 atom stereocenters. The van der Waals surface area contributed by atoms with E-state index in [4.69, 9.17) is 4.74 Å². The highest BCUT2D eigenvalue weighted by Crippen LogP contribution is 2.12. The van der Waals surface area contributed by atoms with Gasteiger partial charge in [0, 0.05) is 7.11 Å². The van der Waals surface area contributed by atoms with Crippen LogP contribution in [-0.4, -0.2) is 32.3 Å². The molecule has 1 aromatic carbocycles. The second-order valence-corrected chi connectivity index (χ2v) is 5.06. The van der Waals surface area contributed by atoms with E-state index in [0.717, 1.165) is 13.2 Å². The molecule has 0 aliphatic rings. The molecule has 0 spiro atoms. The Morgan fingerprint density at radius 2 is 2.00 bits per heavy atom. The van der Waals surface area contributed by atoms with Crippen molar-refractivity contribution < 1.29 is 4.74 Å².